The van der Waals surface area contributed by atoms with Gasteiger partial charge in [-0.3, -0.25) is 4.90 Å². The second-order valence-corrected chi connectivity index (χ2v) is 9.58. The van der Waals surface area contributed by atoms with Gasteiger partial charge in [0, 0.05) is 12.2 Å². The van der Waals surface area contributed by atoms with Crippen LogP contribution in [0.3, 0.4) is 0 Å². The lowest BCUT2D eigenvalue weighted by molar-refractivity contribution is -0.137. The molecule has 2 aromatic carbocycles. The van der Waals surface area contributed by atoms with E-state index >= 15 is 0 Å². The molecule has 1 aliphatic rings. The number of benzene rings is 2. The van der Waals surface area contributed by atoms with E-state index in [1.54, 1.807) is 0 Å². The van der Waals surface area contributed by atoms with Crippen molar-refractivity contribution in [1.82, 2.24) is 19.9 Å². The number of rotatable bonds is 6. The molecule has 0 saturated carbocycles. The highest BCUT2D eigenvalue weighted by Gasteiger charge is 2.30. The van der Waals surface area contributed by atoms with Gasteiger partial charge in [-0.05, 0) is 61.5 Å². The first-order valence-corrected chi connectivity index (χ1v) is 11.9. The summed E-state index contributed by atoms with van der Waals surface area (Å²) in [6.45, 7) is 2.95. The maximum Gasteiger partial charge on any atom is 0.416 e. The molecule has 4 aromatic rings. The first-order valence-electron chi connectivity index (χ1n) is 10.3. The molecule has 0 spiro atoms. The largest absolute Gasteiger partial charge is 0.416 e. The molecule has 3 heterocycles. The highest BCUT2D eigenvalue weighted by molar-refractivity contribution is 7.21. The molecular formula is C22H17Cl2F3N6S. The molecule has 0 radical (unpaired) electrons. The number of hydrogen-bond donors (Lipinski definition) is 2. The van der Waals surface area contributed by atoms with Crippen LogP contribution in [-0.4, -0.2) is 32.9 Å². The molecule has 34 heavy (non-hydrogen) atoms. The van der Waals surface area contributed by atoms with E-state index in [1.807, 2.05) is 12.1 Å². The zero-order valence-electron chi connectivity index (χ0n) is 17.5. The molecule has 2 N–H and O–H groups in total. The number of nitrogens with one attached hydrogen (secondary N) is 2. The van der Waals surface area contributed by atoms with Crippen LogP contribution in [0.4, 0.5) is 35.5 Å². The lowest BCUT2D eigenvalue weighted by Gasteiger charge is -2.30. The predicted octanol–water partition coefficient (Wildman–Crippen LogP) is 7.10. The van der Waals surface area contributed by atoms with Crippen molar-refractivity contribution in [1.29, 1.82) is 0 Å². The molecule has 0 bridgehead atoms. The third kappa shape index (κ3) is 4.90. The van der Waals surface area contributed by atoms with E-state index in [-0.39, 0.29) is 0 Å². The van der Waals surface area contributed by atoms with Crippen LogP contribution in [0, 0.1) is 0 Å². The Hall–Kier alpha value is -2.66. The fourth-order valence-electron chi connectivity index (χ4n) is 3.52. The molecule has 1 saturated heterocycles. The van der Waals surface area contributed by atoms with Crippen molar-refractivity contribution in [3.8, 4) is 0 Å². The van der Waals surface area contributed by atoms with E-state index in [4.69, 9.17) is 23.2 Å². The summed E-state index contributed by atoms with van der Waals surface area (Å²) in [6, 6.07) is 8.46. The summed E-state index contributed by atoms with van der Waals surface area (Å²) in [5.41, 5.74) is 1.77. The van der Waals surface area contributed by atoms with Gasteiger partial charge in [0.05, 0.1) is 21.3 Å². The molecule has 176 valence electrons. The summed E-state index contributed by atoms with van der Waals surface area (Å²) < 4.78 is 38.4. The van der Waals surface area contributed by atoms with E-state index in [1.165, 1.54) is 36.2 Å². The maximum absolute atomic E-state index is 12.8. The molecular weight excluding hydrogens is 508 g/mol. The minimum Gasteiger partial charge on any atom is -0.338 e. The van der Waals surface area contributed by atoms with E-state index in [0.29, 0.717) is 42.7 Å². The number of aromatic nitrogens is 3. The Morgan fingerprint density at radius 1 is 1.00 bits per heavy atom. The minimum absolute atomic E-state index is 0.371. The molecule has 0 aliphatic carbocycles. The van der Waals surface area contributed by atoms with Gasteiger partial charge in [0.1, 0.15) is 11.8 Å². The number of likely N-dealkylation sites (tertiary alicyclic amines) is 1. The SMILES string of the molecule is FC(F)(F)c1ccc(Nc2ncnc3sc(Nc4c(Cl)cc(CN5CCC5)cc4Cl)nc23)cc1. The number of nitrogens with zero attached hydrogens (tertiary/aromatic N) is 4. The Kier molecular flexibility index (Phi) is 6.24. The van der Waals surface area contributed by atoms with Crippen molar-refractivity contribution in [3.63, 3.8) is 0 Å². The van der Waals surface area contributed by atoms with Crippen LogP contribution in [-0.2, 0) is 12.7 Å². The van der Waals surface area contributed by atoms with Gasteiger partial charge in [0.15, 0.2) is 15.8 Å². The zero-order chi connectivity index (χ0) is 23.9. The summed E-state index contributed by atoms with van der Waals surface area (Å²) in [4.78, 5) is 15.9. The smallest absolute Gasteiger partial charge is 0.338 e. The minimum atomic E-state index is -4.40. The lowest BCUT2D eigenvalue weighted by atomic mass is 10.1. The number of thiazole rings is 1. The van der Waals surface area contributed by atoms with Gasteiger partial charge in [-0.1, -0.05) is 34.5 Å². The van der Waals surface area contributed by atoms with Crippen LogP contribution in [0.15, 0.2) is 42.7 Å². The Morgan fingerprint density at radius 2 is 1.71 bits per heavy atom. The third-order valence-electron chi connectivity index (χ3n) is 5.36. The number of hydrogen-bond acceptors (Lipinski definition) is 7. The summed E-state index contributed by atoms with van der Waals surface area (Å²) in [5, 5.41) is 7.64. The standard InChI is InChI=1S/C22H17Cl2F3N6S/c23-15-8-12(10-33-6-1-7-33)9-16(24)17(15)31-21-32-18-19(28-11-29-20(18)34-21)30-14-4-2-13(3-5-14)22(25,26)27/h2-5,8-9,11H,1,6-7,10H2,(H,31,32)(H,28,29,30). The van der Waals surface area contributed by atoms with E-state index in [9.17, 15) is 13.2 Å². The van der Waals surface area contributed by atoms with Crippen LogP contribution in [0.5, 0.6) is 0 Å². The third-order valence-corrected chi connectivity index (χ3v) is 6.83. The fourth-order valence-corrected chi connectivity index (χ4v) is 4.96. The van der Waals surface area contributed by atoms with Crippen molar-refractivity contribution in [2.24, 2.45) is 0 Å². The fraction of sp³-hybridized carbons (Fsp3) is 0.227. The highest BCUT2D eigenvalue weighted by Crippen LogP contribution is 2.38. The van der Waals surface area contributed by atoms with Crippen LogP contribution < -0.4 is 10.6 Å². The van der Waals surface area contributed by atoms with Gasteiger partial charge < -0.3 is 10.6 Å². The normalized spacial score (nSPS) is 14.3. The Bertz CT molecular complexity index is 1320. The summed E-state index contributed by atoms with van der Waals surface area (Å²) in [6.07, 6.45) is -1.83. The molecule has 5 rings (SSSR count). The average Bonchev–Trinajstić information content (AvgIpc) is 3.17. The molecule has 1 fully saturated rings. The number of alkyl halides is 3. The van der Waals surface area contributed by atoms with Gasteiger partial charge in [0.2, 0.25) is 0 Å². The molecule has 0 amide bonds. The van der Waals surface area contributed by atoms with Crippen molar-refractivity contribution in [3.05, 3.63) is 63.9 Å². The van der Waals surface area contributed by atoms with Crippen molar-refractivity contribution in [2.45, 2.75) is 19.1 Å². The number of fused-ring (bicyclic) bond motifs is 1. The summed E-state index contributed by atoms with van der Waals surface area (Å²) in [5.74, 6) is 0.371. The predicted molar refractivity (Wildman–Crippen MR) is 130 cm³/mol. The van der Waals surface area contributed by atoms with Gasteiger partial charge in [-0.2, -0.15) is 13.2 Å². The zero-order valence-corrected chi connectivity index (χ0v) is 19.8. The van der Waals surface area contributed by atoms with E-state index in [0.717, 1.165) is 37.3 Å². The first kappa shape index (κ1) is 23.1. The van der Waals surface area contributed by atoms with E-state index < -0.39 is 11.7 Å². The highest BCUT2D eigenvalue weighted by atomic mass is 35.5. The Labute approximate surface area is 206 Å². The summed E-state index contributed by atoms with van der Waals surface area (Å²) >= 11 is 14.3. The second kappa shape index (κ2) is 9.18. The topological polar surface area (TPSA) is 66.0 Å². The van der Waals surface area contributed by atoms with Crippen molar-refractivity contribution >= 4 is 67.2 Å². The number of anilines is 4. The van der Waals surface area contributed by atoms with Crippen LogP contribution >= 0.6 is 34.5 Å². The second-order valence-electron chi connectivity index (χ2n) is 7.78. The Balaban J connectivity index is 1.37. The van der Waals surface area contributed by atoms with Crippen LogP contribution in [0.25, 0.3) is 10.3 Å². The van der Waals surface area contributed by atoms with Crippen LogP contribution in [0.2, 0.25) is 10.0 Å². The van der Waals surface area contributed by atoms with Gasteiger partial charge in [-0.25, -0.2) is 15.0 Å². The van der Waals surface area contributed by atoms with Gasteiger partial charge in [0.25, 0.3) is 0 Å². The molecule has 1 aliphatic heterocycles. The maximum atomic E-state index is 12.8. The quantitative estimate of drug-likeness (QED) is 0.280. The Morgan fingerprint density at radius 3 is 2.32 bits per heavy atom. The molecule has 0 atom stereocenters. The first-order chi connectivity index (χ1) is 16.3. The lowest BCUT2D eigenvalue weighted by Crippen LogP contribution is -2.36. The molecule has 12 heteroatoms. The molecule has 0 unspecified atom stereocenters. The molecule has 2 aromatic heterocycles. The molecule has 6 nitrogen and oxygen atoms in total. The van der Waals surface area contributed by atoms with Gasteiger partial charge in [-0.15, -0.1) is 0 Å². The number of halogens is 5. The van der Waals surface area contributed by atoms with Crippen molar-refractivity contribution in [2.75, 3.05) is 23.7 Å². The van der Waals surface area contributed by atoms with Gasteiger partial charge >= 0.3 is 6.18 Å². The summed E-state index contributed by atoms with van der Waals surface area (Å²) in [7, 11) is 0. The average molecular weight is 525 g/mol. The monoisotopic (exact) mass is 524 g/mol. The van der Waals surface area contributed by atoms with Crippen LogP contribution in [0.1, 0.15) is 17.5 Å². The van der Waals surface area contributed by atoms with Crippen molar-refractivity contribution < 1.29 is 13.2 Å². The van der Waals surface area contributed by atoms with E-state index in [2.05, 4.69) is 30.5 Å².